The van der Waals surface area contributed by atoms with Crippen LogP contribution >= 0.6 is 58.0 Å². The molecule has 7 heteroatoms. The molecule has 21 heavy (non-hydrogen) atoms. The van der Waals surface area contributed by atoms with Crippen LogP contribution in [0, 0.1) is 17.1 Å². The summed E-state index contributed by atoms with van der Waals surface area (Å²) < 4.78 is 14.2. The lowest BCUT2D eigenvalue weighted by Crippen LogP contribution is -1.92. The predicted octanol–water partition coefficient (Wildman–Crippen LogP) is 6.83. The minimum absolute atomic E-state index is 0.00300. The smallest absolute Gasteiger partial charge is 0.131 e. The highest BCUT2D eigenvalue weighted by atomic mass is 35.5. The second kappa shape index (κ2) is 6.60. The normalized spacial score (nSPS) is 10.5. The number of benzene rings is 2. The maximum atomic E-state index is 14.2. The fourth-order valence-corrected chi connectivity index (χ4v) is 3.15. The van der Waals surface area contributed by atoms with Crippen LogP contribution in [0.25, 0.3) is 11.1 Å². The largest absolute Gasteiger partial charge is 0.206 e. The Labute approximate surface area is 145 Å². The first-order valence-corrected chi connectivity index (χ1v) is 7.44. The Morgan fingerprint density at radius 2 is 1.43 bits per heavy atom. The average molecular weight is 383 g/mol. The van der Waals surface area contributed by atoms with Gasteiger partial charge in [-0.05, 0) is 11.6 Å². The zero-order valence-corrected chi connectivity index (χ0v) is 13.9. The minimum Gasteiger partial charge on any atom is -0.206 e. The molecule has 0 saturated carbocycles. The quantitative estimate of drug-likeness (QED) is 0.412. The van der Waals surface area contributed by atoms with Gasteiger partial charge in [0.25, 0.3) is 0 Å². The lowest BCUT2D eigenvalue weighted by molar-refractivity contribution is 0.629. The third kappa shape index (κ3) is 3.08. The topological polar surface area (TPSA) is 23.8 Å². The van der Waals surface area contributed by atoms with E-state index in [9.17, 15) is 4.39 Å². The number of hydrogen-bond donors (Lipinski definition) is 0. The van der Waals surface area contributed by atoms with Gasteiger partial charge in [-0.2, -0.15) is 5.26 Å². The van der Waals surface area contributed by atoms with E-state index in [1.54, 1.807) is 6.07 Å². The lowest BCUT2D eigenvalue weighted by atomic mass is 10.0. The molecule has 0 aliphatic carbocycles. The molecule has 0 aliphatic rings. The summed E-state index contributed by atoms with van der Waals surface area (Å²) in [6.07, 6.45) is 0.0980. The summed E-state index contributed by atoms with van der Waals surface area (Å²) in [6.45, 7) is 0. The Morgan fingerprint density at radius 1 is 0.905 bits per heavy atom. The van der Waals surface area contributed by atoms with E-state index in [0.29, 0.717) is 5.56 Å². The highest BCUT2D eigenvalue weighted by molar-refractivity contribution is 6.56. The Morgan fingerprint density at radius 3 is 1.90 bits per heavy atom. The molecular weight excluding hydrogens is 378 g/mol. The fourth-order valence-electron chi connectivity index (χ4n) is 1.80. The summed E-state index contributed by atoms with van der Waals surface area (Å²) in [5, 5.41) is 8.68. The second-order valence-corrected chi connectivity index (χ2v) is 5.98. The minimum atomic E-state index is -0.582. The van der Waals surface area contributed by atoms with E-state index in [0.717, 1.165) is 0 Å². The highest BCUT2D eigenvalue weighted by Crippen LogP contribution is 2.48. The SMILES string of the molecule is N#CCc1ccc(-c2c(Cl)c(Cl)c(Cl)c(Cl)c2Cl)c(F)c1. The molecule has 0 N–H and O–H groups in total. The summed E-state index contributed by atoms with van der Waals surface area (Å²) in [6, 6.07) is 6.25. The van der Waals surface area contributed by atoms with Crippen LogP contribution in [-0.2, 0) is 6.42 Å². The number of nitriles is 1. The summed E-state index contributed by atoms with van der Waals surface area (Å²) >= 11 is 30.0. The number of halogens is 6. The summed E-state index contributed by atoms with van der Waals surface area (Å²) in [5.41, 5.74) is 0.836. The van der Waals surface area contributed by atoms with Crippen LogP contribution in [0.4, 0.5) is 4.39 Å². The van der Waals surface area contributed by atoms with Crippen molar-refractivity contribution in [2.75, 3.05) is 0 Å². The van der Waals surface area contributed by atoms with E-state index in [4.69, 9.17) is 63.3 Å². The van der Waals surface area contributed by atoms with E-state index in [1.807, 2.05) is 6.07 Å². The van der Waals surface area contributed by atoms with Gasteiger partial charge in [-0.3, -0.25) is 0 Å². The van der Waals surface area contributed by atoms with Crippen molar-refractivity contribution >= 4 is 58.0 Å². The molecule has 0 radical (unpaired) electrons. The molecule has 0 amide bonds. The average Bonchev–Trinajstić information content (AvgIpc) is 2.46. The van der Waals surface area contributed by atoms with Crippen LogP contribution < -0.4 is 0 Å². The maximum Gasteiger partial charge on any atom is 0.131 e. The van der Waals surface area contributed by atoms with Crippen LogP contribution in [0.1, 0.15) is 5.56 Å². The molecule has 0 unspecified atom stereocenters. The predicted molar refractivity (Wildman–Crippen MR) is 86.2 cm³/mol. The Kier molecular flexibility index (Phi) is 5.24. The molecule has 1 nitrogen and oxygen atoms in total. The van der Waals surface area contributed by atoms with Gasteiger partial charge in [0.1, 0.15) is 5.82 Å². The van der Waals surface area contributed by atoms with E-state index < -0.39 is 5.82 Å². The van der Waals surface area contributed by atoms with Crippen molar-refractivity contribution in [3.05, 3.63) is 54.7 Å². The van der Waals surface area contributed by atoms with Gasteiger partial charge in [-0.25, -0.2) is 4.39 Å². The van der Waals surface area contributed by atoms with Crippen molar-refractivity contribution in [3.63, 3.8) is 0 Å². The van der Waals surface area contributed by atoms with Crippen molar-refractivity contribution in [1.82, 2.24) is 0 Å². The second-order valence-electron chi connectivity index (χ2n) is 4.09. The summed E-state index contributed by atoms with van der Waals surface area (Å²) in [4.78, 5) is 0. The standard InChI is InChI=1S/C14H5Cl5FN/c15-10-9(11(16)13(18)14(19)12(10)17)7-2-1-6(3-4-21)5-8(7)20/h1-2,5H,3H2. The van der Waals surface area contributed by atoms with Crippen molar-refractivity contribution in [1.29, 1.82) is 5.26 Å². The summed E-state index contributed by atoms with van der Waals surface area (Å²) in [5.74, 6) is -0.582. The fraction of sp³-hybridized carbons (Fsp3) is 0.0714. The molecule has 2 aromatic rings. The van der Waals surface area contributed by atoms with Crippen molar-refractivity contribution < 1.29 is 4.39 Å². The zero-order valence-electron chi connectivity index (χ0n) is 10.2. The molecular formula is C14H5Cl5FN. The van der Waals surface area contributed by atoms with Gasteiger partial charge in [-0.15, -0.1) is 0 Å². The molecule has 0 heterocycles. The maximum absolute atomic E-state index is 14.2. The molecule has 108 valence electrons. The van der Waals surface area contributed by atoms with Crippen LogP contribution in [-0.4, -0.2) is 0 Å². The molecule has 0 saturated heterocycles. The van der Waals surface area contributed by atoms with E-state index in [1.165, 1.54) is 12.1 Å². The summed E-state index contributed by atoms with van der Waals surface area (Å²) in [7, 11) is 0. The molecule has 2 rings (SSSR count). The van der Waals surface area contributed by atoms with Gasteiger partial charge in [0.05, 0.1) is 37.6 Å². The molecule has 0 aromatic heterocycles. The molecule has 0 bridgehead atoms. The van der Waals surface area contributed by atoms with Crippen molar-refractivity contribution in [2.24, 2.45) is 0 Å². The van der Waals surface area contributed by atoms with Gasteiger partial charge in [-0.1, -0.05) is 70.1 Å². The molecule has 0 fully saturated rings. The highest BCUT2D eigenvalue weighted by Gasteiger charge is 2.22. The van der Waals surface area contributed by atoms with Crippen LogP contribution in [0.15, 0.2) is 18.2 Å². The number of nitrogens with zero attached hydrogens (tertiary/aromatic N) is 1. The molecule has 2 aromatic carbocycles. The first-order valence-electron chi connectivity index (χ1n) is 5.55. The Hall–Kier alpha value is -0.690. The Bertz CT molecular complexity index is 738. The third-order valence-electron chi connectivity index (χ3n) is 2.80. The molecule has 0 aliphatic heterocycles. The first kappa shape index (κ1) is 16.7. The monoisotopic (exact) mass is 381 g/mol. The van der Waals surface area contributed by atoms with Crippen LogP contribution in [0.2, 0.25) is 25.1 Å². The zero-order chi connectivity index (χ0) is 15.7. The van der Waals surface area contributed by atoms with E-state index >= 15 is 0 Å². The van der Waals surface area contributed by atoms with Crippen LogP contribution in [0.5, 0.6) is 0 Å². The molecule has 0 spiro atoms. The van der Waals surface area contributed by atoms with E-state index in [2.05, 4.69) is 0 Å². The van der Waals surface area contributed by atoms with Crippen LogP contribution in [0.3, 0.4) is 0 Å². The first-order chi connectivity index (χ1) is 9.88. The number of rotatable bonds is 2. The van der Waals surface area contributed by atoms with Gasteiger partial charge in [0.15, 0.2) is 0 Å². The van der Waals surface area contributed by atoms with Crippen molar-refractivity contribution in [2.45, 2.75) is 6.42 Å². The van der Waals surface area contributed by atoms with E-state index in [-0.39, 0.29) is 42.7 Å². The molecule has 0 atom stereocenters. The van der Waals surface area contributed by atoms with Gasteiger partial charge in [0.2, 0.25) is 0 Å². The van der Waals surface area contributed by atoms with Gasteiger partial charge < -0.3 is 0 Å². The van der Waals surface area contributed by atoms with Crippen molar-refractivity contribution in [3.8, 4) is 17.2 Å². The Balaban J connectivity index is 2.71. The lowest BCUT2D eigenvalue weighted by Gasteiger charge is -2.13. The third-order valence-corrected chi connectivity index (χ3v) is 5.07. The number of hydrogen-bond acceptors (Lipinski definition) is 1. The van der Waals surface area contributed by atoms with Gasteiger partial charge >= 0.3 is 0 Å². The van der Waals surface area contributed by atoms with Gasteiger partial charge in [0, 0.05) is 11.1 Å².